The zero-order chi connectivity index (χ0) is 17.5. The molecule has 0 spiro atoms. The van der Waals surface area contributed by atoms with E-state index in [1.54, 1.807) is 0 Å². The maximum Gasteiger partial charge on any atom is 0.339 e. The minimum Gasteiger partial charge on any atom is -0.451 e. The van der Waals surface area contributed by atoms with Crippen molar-refractivity contribution in [2.75, 3.05) is 25.6 Å². The van der Waals surface area contributed by atoms with Crippen LogP contribution in [0.1, 0.15) is 36.0 Å². The summed E-state index contributed by atoms with van der Waals surface area (Å²) in [7, 11) is 1.53. The number of Topliss-reactive ketones (excluding diaryl/α,β-unsaturated/α-hetero) is 1. The van der Waals surface area contributed by atoms with Crippen LogP contribution in [0.5, 0.6) is 0 Å². The zero-order valence-electron chi connectivity index (χ0n) is 13.4. The lowest BCUT2D eigenvalue weighted by Crippen LogP contribution is -2.30. The van der Waals surface area contributed by atoms with E-state index in [2.05, 4.69) is 5.32 Å². The van der Waals surface area contributed by atoms with E-state index in [1.165, 1.54) is 19.2 Å². The zero-order valence-corrected chi connectivity index (χ0v) is 13.4. The molecule has 0 aliphatic heterocycles. The number of hydrogen-bond donors (Lipinski definition) is 1. The van der Waals surface area contributed by atoms with E-state index in [-0.39, 0.29) is 17.0 Å². The molecule has 8 heteroatoms. The monoisotopic (exact) mass is 336 g/mol. The second-order valence-corrected chi connectivity index (χ2v) is 5.51. The molecular weight excluding hydrogens is 316 g/mol. The van der Waals surface area contributed by atoms with E-state index < -0.39 is 17.0 Å². The van der Waals surface area contributed by atoms with Gasteiger partial charge in [0.25, 0.3) is 5.69 Å². The highest BCUT2D eigenvalue weighted by molar-refractivity contribution is 5.94. The molecule has 0 radical (unpaired) electrons. The van der Waals surface area contributed by atoms with Gasteiger partial charge in [0.2, 0.25) is 0 Å². The van der Waals surface area contributed by atoms with Gasteiger partial charge in [0, 0.05) is 26.1 Å². The van der Waals surface area contributed by atoms with Gasteiger partial charge in [-0.2, -0.15) is 0 Å². The average Bonchev–Trinajstić information content (AvgIpc) is 2.57. The van der Waals surface area contributed by atoms with Gasteiger partial charge in [-0.25, -0.2) is 4.79 Å². The number of nitrogens with one attached hydrogen (secondary N) is 1. The smallest absolute Gasteiger partial charge is 0.339 e. The Labute approximate surface area is 139 Å². The van der Waals surface area contributed by atoms with Gasteiger partial charge in [0.1, 0.15) is 5.69 Å². The number of esters is 1. The molecule has 24 heavy (non-hydrogen) atoms. The number of ketones is 1. The van der Waals surface area contributed by atoms with E-state index >= 15 is 0 Å². The molecule has 130 valence electrons. The average molecular weight is 336 g/mol. The first-order valence-electron chi connectivity index (χ1n) is 7.78. The number of anilines is 1. The van der Waals surface area contributed by atoms with Gasteiger partial charge in [0.05, 0.1) is 17.1 Å². The topological polar surface area (TPSA) is 108 Å². The Morgan fingerprint density at radius 1 is 1.42 bits per heavy atom. The molecule has 0 amide bonds. The van der Waals surface area contributed by atoms with E-state index in [0.717, 1.165) is 18.9 Å². The number of nitro groups is 1. The summed E-state index contributed by atoms with van der Waals surface area (Å²) in [6.07, 6.45) is 1.79. The van der Waals surface area contributed by atoms with Crippen LogP contribution in [0.25, 0.3) is 0 Å². The first-order chi connectivity index (χ1) is 11.5. The fourth-order valence-electron chi connectivity index (χ4n) is 2.52. The van der Waals surface area contributed by atoms with Crippen LogP contribution in [-0.4, -0.2) is 43.0 Å². The number of nitrogens with zero attached hydrogens (tertiary/aromatic N) is 1. The number of hydrogen-bond acceptors (Lipinski definition) is 7. The number of carbonyl (C=O) groups excluding carboxylic acids is 2. The molecule has 2 rings (SSSR count). The Kier molecular flexibility index (Phi) is 6.25. The van der Waals surface area contributed by atoms with Gasteiger partial charge in [-0.05, 0) is 31.4 Å². The normalized spacial score (nSPS) is 17.4. The second-order valence-electron chi connectivity index (χ2n) is 5.51. The Hall–Kier alpha value is -2.48. The number of ether oxygens (including phenoxy) is 2. The minimum absolute atomic E-state index is 0.0531. The van der Waals surface area contributed by atoms with E-state index in [4.69, 9.17) is 9.47 Å². The summed E-state index contributed by atoms with van der Waals surface area (Å²) in [6.45, 7) is 0.794. The maximum atomic E-state index is 12.2. The molecule has 8 nitrogen and oxygen atoms in total. The van der Waals surface area contributed by atoms with Crippen LogP contribution in [0.4, 0.5) is 11.4 Å². The van der Waals surface area contributed by atoms with Gasteiger partial charge >= 0.3 is 5.97 Å². The molecule has 1 aliphatic carbocycles. The van der Waals surface area contributed by atoms with Gasteiger partial charge in [-0.15, -0.1) is 0 Å². The molecular formula is C16H20N2O6. The third-order valence-corrected chi connectivity index (χ3v) is 3.80. The van der Waals surface area contributed by atoms with Crippen LogP contribution in [0.15, 0.2) is 18.2 Å². The Morgan fingerprint density at radius 2 is 2.21 bits per heavy atom. The van der Waals surface area contributed by atoms with Gasteiger partial charge in [-0.3, -0.25) is 14.9 Å². The summed E-state index contributed by atoms with van der Waals surface area (Å²) in [5.74, 6) is -0.816. The molecule has 1 N–H and O–H groups in total. The first-order valence-corrected chi connectivity index (χ1v) is 7.78. The van der Waals surface area contributed by atoms with Crippen molar-refractivity contribution in [2.24, 2.45) is 0 Å². The highest BCUT2D eigenvalue weighted by Gasteiger charge is 2.27. The van der Waals surface area contributed by atoms with Gasteiger partial charge in [-0.1, -0.05) is 0 Å². The number of rotatable bonds is 7. The predicted molar refractivity (Wildman–Crippen MR) is 86.1 cm³/mol. The summed E-state index contributed by atoms with van der Waals surface area (Å²) in [4.78, 5) is 34.5. The second kappa shape index (κ2) is 8.39. The summed E-state index contributed by atoms with van der Waals surface area (Å²) in [6, 6.07) is 4.05. The van der Waals surface area contributed by atoms with Crippen molar-refractivity contribution >= 4 is 23.1 Å². The Balaban J connectivity index is 2.11. The van der Waals surface area contributed by atoms with E-state index in [9.17, 15) is 19.7 Å². The highest BCUT2D eigenvalue weighted by Crippen LogP contribution is 2.26. The minimum atomic E-state index is -0.746. The van der Waals surface area contributed by atoms with Crippen LogP contribution < -0.4 is 5.32 Å². The van der Waals surface area contributed by atoms with Crippen molar-refractivity contribution in [3.63, 3.8) is 0 Å². The Bertz CT molecular complexity index is 631. The summed E-state index contributed by atoms with van der Waals surface area (Å²) < 4.78 is 10.1. The summed E-state index contributed by atoms with van der Waals surface area (Å²) in [5.41, 5.74) is 0.121. The Morgan fingerprint density at radius 3 is 2.88 bits per heavy atom. The first kappa shape index (κ1) is 17.9. The molecule has 0 unspecified atom stereocenters. The number of carbonyl (C=O) groups is 2. The SMILES string of the molecule is COCCNc1ccc(C(=O)O[C@@H]2CCCCC2=O)cc1[N+](=O)[O-]. The number of methoxy groups -OCH3 is 1. The van der Waals surface area contributed by atoms with Crippen molar-refractivity contribution in [1.82, 2.24) is 0 Å². The van der Waals surface area contributed by atoms with Crippen molar-refractivity contribution < 1.29 is 24.0 Å². The molecule has 1 aromatic carbocycles. The maximum absolute atomic E-state index is 12.2. The number of benzene rings is 1. The lowest BCUT2D eigenvalue weighted by Gasteiger charge is -2.20. The largest absolute Gasteiger partial charge is 0.451 e. The fraction of sp³-hybridized carbons (Fsp3) is 0.500. The van der Waals surface area contributed by atoms with Crippen LogP contribution in [0, 0.1) is 10.1 Å². The fourth-order valence-corrected chi connectivity index (χ4v) is 2.52. The van der Waals surface area contributed by atoms with Gasteiger partial charge < -0.3 is 14.8 Å². The summed E-state index contributed by atoms with van der Waals surface area (Å²) in [5, 5.41) is 14.1. The van der Waals surface area contributed by atoms with Crippen molar-refractivity contribution in [3.05, 3.63) is 33.9 Å². The molecule has 1 fully saturated rings. The molecule has 1 saturated carbocycles. The van der Waals surface area contributed by atoms with E-state index in [1.807, 2.05) is 0 Å². The van der Waals surface area contributed by atoms with Crippen LogP contribution in [-0.2, 0) is 14.3 Å². The van der Waals surface area contributed by atoms with E-state index in [0.29, 0.717) is 31.7 Å². The highest BCUT2D eigenvalue weighted by atomic mass is 16.6. The third kappa shape index (κ3) is 4.51. The molecule has 0 heterocycles. The summed E-state index contributed by atoms with van der Waals surface area (Å²) >= 11 is 0. The van der Waals surface area contributed by atoms with Gasteiger partial charge in [0.15, 0.2) is 11.9 Å². The lowest BCUT2D eigenvalue weighted by atomic mass is 9.96. The van der Waals surface area contributed by atoms with Crippen molar-refractivity contribution in [3.8, 4) is 0 Å². The predicted octanol–water partition coefficient (Wildman–Crippen LogP) is 2.32. The molecule has 1 aromatic rings. The van der Waals surface area contributed by atoms with Crippen molar-refractivity contribution in [2.45, 2.75) is 31.8 Å². The standard InChI is InChI=1S/C16H20N2O6/c1-23-9-8-17-12-7-6-11(10-13(12)18(21)22)16(20)24-15-5-3-2-4-14(15)19/h6-7,10,15,17H,2-5,8-9H2,1H3/t15-/m1/s1. The molecule has 0 saturated heterocycles. The van der Waals surface area contributed by atoms with Crippen LogP contribution >= 0.6 is 0 Å². The number of nitro benzene ring substituents is 1. The van der Waals surface area contributed by atoms with Crippen LogP contribution in [0.3, 0.4) is 0 Å². The molecule has 1 aliphatic rings. The molecule has 0 bridgehead atoms. The molecule has 1 atom stereocenters. The third-order valence-electron chi connectivity index (χ3n) is 3.80. The van der Waals surface area contributed by atoms with Crippen molar-refractivity contribution in [1.29, 1.82) is 0 Å². The molecule has 0 aromatic heterocycles. The quantitative estimate of drug-likeness (QED) is 0.352. The van der Waals surface area contributed by atoms with Crippen LogP contribution in [0.2, 0.25) is 0 Å². The lowest BCUT2D eigenvalue weighted by molar-refractivity contribution is -0.384.